The van der Waals surface area contributed by atoms with Gasteiger partial charge in [-0.2, -0.15) is 13.2 Å². The summed E-state index contributed by atoms with van der Waals surface area (Å²) in [4.78, 5) is 0. The van der Waals surface area contributed by atoms with Crippen LogP contribution < -0.4 is 0 Å². The zero-order valence-electron chi connectivity index (χ0n) is 18.9. The number of hydrogen-bond donors (Lipinski definition) is 0. The van der Waals surface area contributed by atoms with E-state index < -0.39 is 23.4 Å². The molecule has 0 amide bonds. The smallest absolute Gasteiger partial charge is 0.206 e. The van der Waals surface area contributed by atoms with Crippen LogP contribution in [0.4, 0.5) is 22.0 Å². The zero-order valence-corrected chi connectivity index (χ0v) is 18.9. The lowest BCUT2D eigenvalue weighted by molar-refractivity contribution is -0.137. The van der Waals surface area contributed by atoms with Gasteiger partial charge in [-0.15, -0.1) is 0 Å². The first-order valence-electron chi connectivity index (χ1n) is 11.8. The van der Waals surface area contributed by atoms with Crippen LogP contribution in [-0.4, -0.2) is 0 Å². The van der Waals surface area contributed by atoms with Crippen molar-refractivity contribution in [3.63, 3.8) is 0 Å². The summed E-state index contributed by atoms with van der Waals surface area (Å²) in [6.07, 6.45) is 5.81. The van der Waals surface area contributed by atoms with Gasteiger partial charge in [0.1, 0.15) is 11.6 Å². The average molecular weight is 453 g/mol. The fourth-order valence-corrected chi connectivity index (χ4v) is 4.87. The van der Waals surface area contributed by atoms with Crippen molar-refractivity contribution >= 4 is 0 Å². The average Bonchev–Trinajstić information content (AvgIpc) is 2.72. The van der Waals surface area contributed by atoms with Gasteiger partial charge in [-0.1, -0.05) is 70.9 Å². The summed E-state index contributed by atoms with van der Waals surface area (Å²) < 4.78 is 67.5. The van der Waals surface area contributed by atoms with Crippen LogP contribution in [0.5, 0.6) is 0 Å². The Hall–Kier alpha value is -1.91. The molecular formula is C27H33F5. The second-order valence-electron chi connectivity index (χ2n) is 9.76. The molecule has 32 heavy (non-hydrogen) atoms. The van der Waals surface area contributed by atoms with Crippen molar-refractivity contribution in [1.29, 1.82) is 0 Å². The molecule has 1 aliphatic carbocycles. The third-order valence-corrected chi connectivity index (χ3v) is 6.80. The maximum atomic E-state index is 14.7. The van der Waals surface area contributed by atoms with Crippen molar-refractivity contribution in [2.75, 3.05) is 0 Å². The minimum Gasteiger partial charge on any atom is -0.206 e. The van der Waals surface area contributed by atoms with E-state index >= 15 is 0 Å². The minimum absolute atomic E-state index is 0.107. The van der Waals surface area contributed by atoms with E-state index in [9.17, 15) is 22.0 Å². The predicted molar refractivity (Wildman–Crippen MR) is 119 cm³/mol. The Balaban J connectivity index is 1.55. The summed E-state index contributed by atoms with van der Waals surface area (Å²) in [5, 5.41) is 0. The van der Waals surface area contributed by atoms with Crippen molar-refractivity contribution in [2.45, 2.75) is 77.8 Å². The van der Waals surface area contributed by atoms with Crippen LogP contribution in [0.2, 0.25) is 0 Å². The van der Waals surface area contributed by atoms with Crippen molar-refractivity contribution in [1.82, 2.24) is 0 Å². The number of benzene rings is 2. The lowest BCUT2D eigenvalue weighted by atomic mass is 9.77. The first-order valence-corrected chi connectivity index (χ1v) is 11.8. The van der Waals surface area contributed by atoms with E-state index in [1.807, 2.05) is 0 Å². The number of alkyl halides is 3. The molecule has 0 saturated heterocycles. The summed E-state index contributed by atoms with van der Waals surface area (Å²) >= 11 is 0. The van der Waals surface area contributed by atoms with E-state index in [1.54, 1.807) is 0 Å². The van der Waals surface area contributed by atoms with Gasteiger partial charge >= 0.3 is 6.18 Å². The Bertz CT molecular complexity index is 836. The van der Waals surface area contributed by atoms with Crippen LogP contribution >= 0.6 is 0 Å². The molecule has 0 spiro atoms. The molecule has 1 saturated carbocycles. The van der Waals surface area contributed by atoms with Crippen molar-refractivity contribution < 1.29 is 22.0 Å². The number of halogens is 5. The van der Waals surface area contributed by atoms with E-state index in [4.69, 9.17) is 0 Å². The monoisotopic (exact) mass is 452 g/mol. The van der Waals surface area contributed by atoms with Gasteiger partial charge in [-0.3, -0.25) is 0 Å². The third kappa shape index (κ3) is 6.79. The highest BCUT2D eigenvalue weighted by atomic mass is 19.4. The van der Waals surface area contributed by atoms with Gasteiger partial charge in [-0.25, -0.2) is 8.78 Å². The Morgan fingerprint density at radius 1 is 0.844 bits per heavy atom. The Morgan fingerprint density at radius 2 is 1.38 bits per heavy atom. The highest BCUT2D eigenvalue weighted by molar-refractivity contribution is 5.65. The molecule has 1 aliphatic rings. The molecule has 0 atom stereocenters. The van der Waals surface area contributed by atoms with Crippen molar-refractivity contribution in [2.24, 2.45) is 17.8 Å². The molecule has 0 aromatic heterocycles. The molecule has 0 radical (unpaired) electrons. The molecule has 176 valence electrons. The first kappa shape index (κ1) is 24.7. The van der Waals surface area contributed by atoms with Gasteiger partial charge in [0.05, 0.1) is 11.1 Å². The van der Waals surface area contributed by atoms with E-state index in [0.29, 0.717) is 17.9 Å². The molecule has 0 heterocycles. The fraction of sp³-hybridized carbons (Fsp3) is 0.556. The highest BCUT2D eigenvalue weighted by Gasteiger charge is 2.30. The molecule has 0 aliphatic heterocycles. The Labute approximate surface area is 188 Å². The van der Waals surface area contributed by atoms with Gasteiger partial charge in [0, 0.05) is 0 Å². The van der Waals surface area contributed by atoms with Gasteiger partial charge < -0.3 is 0 Å². The van der Waals surface area contributed by atoms with Crippen LogP contribution in [0.1, 0.15) is 76.3 Å². The topological polar surface area (TPSA) is 0 Å². The molecule has 3 rings (SSSR count). The van der Waals surface area contributed by atoms with E-state index in [2.05, 4.69) is 13.8 Å². The summed E-state index contributed by atoms with van der Waals surface area (Å²) in [5.41, 5.74) is -0.400. The molecule has 5 heteroatoms. The molecule has 1 fully saturated rings. The number of hydrogen-bond acceptors (Lipinski definition) is 0. The highest BCUT2D eigenvalue weighted by Crippen LogP contribution is 2.36. The molecule has 0 bridgehead atoms. The van der Waals surface area contributed by atoms with E-state index in [1.165, 1.54) is 57.1 Å². The quantitative estimate of drug-likeness (QED) is 0.350. The zero-order chi connectivity index (χ0) is 23.3. The lowest BCUT2D eigenvalue weighted by Gasteiger charge is -2.28. The summed E-state index contributed by atoms with van der Waals surface area (Å²) in [6.45, 7) is 4.53. The minimum atomic E-state index is -4.48. The van der Waals surface area contributed by atoms with E-state index in [-0.39, 0.29) is 11.1 Å². The van der Waals surface area contributed by atoms with Crippen LogP contribution in [0.25, 0.3) is 11.1 Å². The Kier molecular flexibility index (Phi) is 8.35. The molecular weight excluding hydrogens is 419 g/mol. The van der Waals surface area contributed by atoms with Crippen LogP contribution in [0.3, 0.4) is 0 Å². The molecule has 0 nitrogen and oxygen atoms in total. The third-order valence-electron chi connectivity index (χ3n) is 6.80. The largest absolute Gasteiger partial charge is 0.416 e. The predicted octanol–water partition coefficient (Wildman–Crippen LogP) is 9.22. The van der Waals surface area contributed by atoms with E-state index in [0.717, 1.165) is 42.5 Å². The van der Waals surface area contributed by atoms with Crippen LogP contribution in [-0.2, 0) is 12.6 Å². The van der Waals surface area contributed by atoms with Crippen molar-refractivity contribution in [3.8, 4) is 11.1 Å². The molecule has 2 aromatic carbocycles. The number of rotatable bonds is 8. The Morgan fingerprint density at radius 3 is 1.88 bits per heavy atom. The van der Waals surface area contributed by atoms with Gasteiger partial charge in [0.25, 0.3) is 0 Å². The van der Waals surface area contributed by atoms with Gasteiger partial charge in [0.15, 0.2) is 0 Å². The maximum absolute atomic E-state index is 14.7. The summed E-state index contributed by atoms with van der Waals surface area (Å²) in [7, 11) is 0. The molecule has 0 unspecified atom stereocenters. The normalized spacial score (nSPS) is 19.5. The molecule has 0 N–H and O–H groups in total. The van der Waals surface area contributed by atoms with Gasteiger partial charge in [-0.05, 0) is 66.0 Å². The maximum Gasteiger partial charge on any atom is 0.416 e. The standard InChI is InChI=1S/C27H33F5/c1-18(2)4-3-5-19-6-8-20(9-7-19)10-11-21-16-24(28)26(25(29)17-21)22-12-14-23(15-13-22)27(30,31)32/h12-20H,3-11H2,1-2H3. The van der Waals surface area contributed by atoms with Crippen molar-refractivity contribution in [3.05, 3.63) is 59.2 Å². The van der Waals surface area contributed by atoms with Gasteiger partial charge in [0.2, 0.25) is 0 Å². The first-order chi connectivity index (χ1) is 15.1. The second-order valence-corrected chi connectivity index (χ2v) is 9.76. The number of aryl methyl sites for hydroxylation is 1. The van der Waals surface area contributed by atoms with Crippen LogP contribution in [0, 0.1) is 29.4 Å². The summed E-state index contributed by atoms with van der Waals surface area (Å²) in [6, 6.07) is 6.58. The lowest BCUT2D eigenvalue weighted by Crippen LogP contribution is -2.15. The van der Waals surface area contributed by atoms with Crippen LogP contribution in [0.15, 0.2) is 36.4 Å². The second kappa shape index (κ2) is 10.8. The SMILES string of the molecule is CC(C)CCCC1CCC(CCc2cc(F)c(-c3ccc(C(F)(F)F)cc3)c(F)c2)CC1. The molecule has 2 aromatic rings. The fourth-order valence-electron chi connectivity index (χ4n) is 4.87. The summed E-state index contributed by atoms with van der Waals surface area (Å²) in [5.74, 6) is 0.722.